The molecule has 1 aromatic carbocycles. The van der Waals surface area contributed by atoms with Crippen LogP contribution < -0.4 is 0 Å². The van der Waals surface area contributed by atoms with Crippen LogP contribution >= 0.6 is 0 Å². The Bertz CT molecular complexity index is 599. The van der Waals surface area contributed by atoms with Crippen LogP contribution in [0.3, 0.4) is 0 Å². The second-order valence-electron chi connectivity index (χ2n) is 5.25. The van der Waals surface area contributed by atoms with Crippen LogP contribution in [0.5, 0.6) is 0 Å². The van der Waals surface area contributed by atoms with Crippen molar-refractivity contribution in [1.29, 1.82) is 0 Å². The van der Waals surface area contributed by atoms with Crippen molar-refractivity contribution in [2.24, 2.45) is 4.99 Å². The molecule has 0 amide bonds. The Morgan fingerprint density at radius 2 is 1.86 bits per heavy atom. The van der Waals surface area contributed by atoms with Crippen molar-refractivity contribution in [3.8, 4) is 12.3 Å². The SMILES string of the molecule is C#CC/C=C(C)\C(=C/C)Cc1cc(C)c(N=CC)c(C)c1. The fraction of sp³-hybridized carbons (Fsp3) is 0.350. The average molecular weight is 279 g/mol. The molecule has 1 heteroatoms. The third-order valence-corrected chi connectivity index (χ3v) is 3.58. The largest absolute Gasteiger partial charge is 0.261 e. The Hall–Kier alpha value is -2.07. The number of nitrogens with zero attached hydrogens (tertiary/aromatic N) is 1. The summed E-state index contributed by atoms with van der Waals surface area (Å²) in [6.45, 7) is 10.4. The Kier molecular flexibility index (Phi) is 6.69. The molecule has 0 radical (unpaired) electrons. The molecule has 0 fully saturated rings. The minimum Gasteiger partial charge on any atom is -0.261 e. The van der Waals surface area contributed by atoms with Crippen LogP contribution in [0.25, 0.3) is 0 Å². The van der Waals surface area contributed by atoms with Gasteiger partial charge in [-0.2, -0.15) is 0 Å². The summed E-state index contributed by atoms with van der Waals surface area (Å²) in [4.78, 5) is 4.45. The summed E-state index contributed by atoms with van der Waals surface area (Å²) < 4.78 is 0. The molecule has 0 aliphatic heterocycles. The van der Waals surface area contributed by atoms with Crippen molar-refractivity contribution >= 4 is 11.9 Å². The van der Waals surface area contributed by atoms with Crippen molar-refractivity contribution in [3.05, 3.63) is 52.1 Å². The van der Waals surface area contributed by atoms with Gasteiger partial charge in [-0.1, -0.05) is 29.9 Å². The van der Waals surface area contributed by atoms with E-state index in [4.69, 9.17) is 6.42 Å². The number of benzene rings is 1. The van der Waals surface area contributed by atoms with Crippen LogP contribution in [0.2, 0.25) is 0 Å². The van der Waals surface area contributed by atoms with E-state index >= 15 is 0 Å². The van der Waals surface area contributed by atoms with Gasteiger partial charge in [-0.15, -0.1) is 12.3 Å². The van der Waals surface area contributed by atoms with Gasteiger partial charge < -0.3 is 0 Å². The molecular formula is C20H25N. The molecule has 0 heterocycles. The van der Waals surface area contributed by atoms with Gasteiger partial charge in [0, 0.05) is 12.6 Å². The summed E-state index contributed by atoms with van der Waals surface area (Å²) in [5.74, 6) is 2.66. The van der Waals surface area contributed by atoms with Crippen molar-refractivity contribution in [1.82, 2.24) is 0 Å². The van der Waals surface area contributed by atoms with Crippen molar-refractivity contribution in [3.63, 3.8) is 0 Å². The van der Waals surface area contributed by atoms with Crippen LogP contribution in [0.15, 0.2) is 40.4 Å². The summed E-state index contributed by atoms with van der Waals surface area (Å²) in [5.41, 5.74) is 7.45. The van der Waals surface area contributed by atoms with E-state index in [0.717, 1.165) is 12.1 Å². The molecule has 1 nitrogen and oxygen atoms in total. The third-order valence-electron chi connectivity index (χ3n) is 3.58. The molecular weight excluding hydrogens is 254 g/mol. The minimum atomic E-state index is 0.686. The topological polar surface area (TPSA) is 12.4 Å². The normalized spacial score (nSPS) is 12.8. The predicted molar refractivity (Wildman–Crippen MR) is 94.4 cm³/mol. The van der Waals surface area contributed by atoms with Gasteiger partial charge in [-0.3, -0.25) is 4.99 Å². The zero-order chi connectivity index (χ0) is 15.8. The number of allylic oxidation sites excluding steroid dienone is 4. The zero-order valence-electron chi connectivity index (χ0n) is 13.8. The fourth-order valence-electron chi connectivity index (χ4n) is 2.51. The highest BCUT2D eigenvalue weighted by molar-refractivity contribution is 5.65. The van der Waals surface area contributed by atoms with Crippen LogP contribution in [0, 0.1) is 26.2 Å². The van der Waals surface area contributed by atoms with Gasteiger partial charge in [0.25, 0.3) is 0 Å². The van der Waals surface area contributed by atoms with Crippen LogP contribution in [0.1, 0.15) is 43.9 Å². The monoisotopic (exact) mass is 279 g/mol. The first-order valence-corrected chi connectivity index (χ1v) is 7.38. The van der Waals surface area contributed by atoms with Crippen LogP contribution in [-0.4, -0.2) is 6.21 Å². The summed E-state index contributed by atoms with van der Waals surface area (Å²) in [6, 6.07) is 4.46. The number of terminal acetylenes is 1. The standard InChI is InChI=1S/C20H25N/c1-7-10-11-15(4)19(8-2)14-18-12-16(5)20(21-9-3)17(6)13-18/h1,8-9,11-13H,10,14H2,2-6H3/b15-11-,19-8-,21-9?. The van der Waals surface area contributed by atoms with Gasteiger partial charge in [0.15, 0.2) is 0 Å². The Balaban J connectivity index is 3.06. The van der Waals surface area contributed by atoms with E-state index in [-0.39, 0.29) is 0 Å². The van der Waals surface area contributed by atoms with E-state index in [2.05, 4.69) is 62.9 Å². The molecule has 1 aromatic rings. The maximum atomic E-state index is 5.33. The first-order chi connectivity index (χ1) is 10.0. The highest BCUT2D eigenvalue weighted by atomic mass is 14.7. The maximum absolute atomic E-state index is 5.33. The minimum absolute atomic E-state index is 0.686. The quantitative estimate of drug-likeness (QED) is 0.384. The zero-order valence-corrected chi connectivity index (χ0v) is 13.8. The maximum Gasteiger partial charge on any atom is 0.0684 e. The lowest BCUT2D eigenvalue weighted by Gasteiger charge is -2.12. The van der Waals surface area contributed by atoms with Gasteiger partial charge in [-0.25, -0.2) is 0 Å². The lowest BCUT2D eigenvalue weighted by molar-refractivity contribution is 1.11. The molecule has 0 unspecified atom stereocenters. The van der Waals surface area contributed by atoms with Crippen LogP contribution in [0.4, 0.5) is 5.69 Å². The van der Waals surface area contributed by atoms with E-state index in [9.17, 15) is 0 Å². The molecule has 21 heavy (non-hydrogen) atoms. The summed E-state index contributed by atoms with van der Waals surface area (Å²) in [5, 5.41) is 0. The summed E-state index contributed by atoms with van der Waals surface area (Å²) in [6.07, 6.45) is 13.1. The van der Waals surface area contributed by atoms with Gasteiger partial charge in [-0.05, 0) is 63.3 Å². The highest BCUT2D eigenvalue weighted by Crippen LogP contribution is 2.27. The summed E-state index contributed by atoms with van der Waals surface area (Å²) in [7, 11) is 0. The number of hydrogen-bond acceptors (Lipinski definition) is 1. The Morgan fingerprint density at radius 1 is 1.24 bits per heavy atom. The van der Waals surface area contributed by atoms with E-state index in [1.165, 1.54) is 27.8 Å². The number of hydrogen-bond donors (Lipinski definition) is 0. The van der Waals surface area contributed by atoms with Gasteiger partial charge in [0.2, 0.25) is 0 Å². The fourth-order valence-corrected chi connectivity index (χ4v) is 2.51. The van der Waals surface area contributed by atoms with Gasteiger partial charge in [0.1, 0.15) is 0 Å². The smallest absolute Gasteiger partial charge is 0.0684 e. The Morgan fingerprint density at radius 3 is 2.33 bits per heavy atom. The molecule has 0 saturated carbocycles. The summed E-state index contributed by atoms with van der Waals surface area (Å²) >= 11 is 0. The lowest BCUT2D eigenvalue weighted by atomic mass is 9.95. The van der Waals surface area contributed by atoms with Crippen molar-refractivity contribution in [2.75, 3.05) is 0 Å². The lowest BCUT2D eigenvalue weighted by Crippen LogP contribution is -1.95. The highest BCUT2D eigenvalue weighted by Gasteiger charge is 2.06. The molecule has 0 bridgehead atoms. The molecule has 0 aliphatic carbocycles. The average Bonchev–Trinajstić information content (AvgIpc) is 2.46. The second kappa shape index (κ2) is 8.27. The van der Waals surface area contributed by atoms with E-state index in [1.54, 1.807) is 0 Å². The molecule has 0 aliphatic rings. The molecule has 0 atom stereocenters. The molecule has 0 spiro atoms. The molecule has 0 N–H and O–H groups in total. The van der Waals surface area contributed by atoms with E-state index in [0.29, 0.717) is 6.42 Å². The predicted octanol–water partition coefficient (Wildman–Crippen LogP) is 5.48. The first kappa shape index (κ1) is 17.0. The van der Waals surface area contributed by atoms with Gasteiger partial charge in [0.05, 0.1) is 5.69 Å². The van der Waals surface area contributed by atoms with E-state index in [1.807, 2.05) is 13.1 Å². The number of aliphatic imine (C=N–C) groups is 1. The first-order valence-electron chi connectivity index (χ1n) is 7.38. The molecule has 1 rings (SSSR count). The van der Waals surface area contributed by atoms with E-state index < -0.39 is 0 Å². The molecule has 0 saturated heterocycles. The molecule has 0 aromatic heterocycles. The number of aryl methyl sites for hydroxylation is 2. The van der Waals surface area contributed by atoms with Gasteiger partial charge >= 0.3 is 0 Å². The van der Waals surface area contributed by atoms with Crippen molar-refractivity contribution < 1.29 is 0 Å². The molecule has 110 valence electrons. The van der Waals surface area contributed by atoms with Crippen molar-refractivity contribution in [2.45, 2.75) is 47.5 Å². The number of rotatable bonds is 5. The third kappa shape index (κ3) is 4.76. The Labute approximate surface area is 129 Å². The second-order valence-corrected chi connectivity index (χ2v) is 5.25. The van der Waals surface area contributed by atoms with Crippen LogP contribution in [-0.2, 0) is 6.42 Å².